The van der Waals surface area contributed by atoms with Gasteiger partial charge in [0.2, 0.25) is 0 Å². The van der Waals surface area contributed by atoms with Gasteiger partial charge in [-0.05, 0) is 44.9 Å². The third-order valence-electron chi connectivity index (χ3n) is 4.43. The molecule has 132 valence electrons. The Kier molecular flexibility index (Phi) is 5.97. The number of carboxylic acid groups (broad SMARTS) is 1. The van der Waals surface area contributed by atoms with E-state index in [1.807, 2.05) is 6.92 Å². The molecule has 0 saturated carbocycles. The number of likely N-dealkylation sites (tertiary alicyclic amines) is 1. The minimum absolute atomic E-state index is 0.0279. The van der Waals surface area contributed by atoms with Gasteiger partial charge < -0.3 is 20.1 Å². The Balaban J connectivity index is 1.90. The highest BCUT2D eigenvalue weighted by Gasteiger charge is 2.28. The van der Waals surface area contributed by atoms with E-state index in [-0.39, 0.29) is 22.7 Å². The van der Waals surface area contributed by atoms with Crippen molar-refractivity contribution in [3.8, 4) is 5.75 Å². The number of rotatable bonds is 6. The van der Waals surface area contributed by atoms with Crippen LogP contribution in [0.5, 0.6) is 5.75 Å². The fourth-order valence-corrected chi connectivity index (χ4v) is 3.12. The molecule has 8 heteroatoms. The van der Waals surface area contributed by atoms with Gasteiger partial charge in [-0.3, -0.25) is 10.1 Å². The maximum atomic E-state index is 11.1. The second-order valence-electron chi connectivity index (χ2n) is 6.00. The number of nitrogens with one attached hydrogen (secondary N) is 1. The van der Waals surface area contributed by atoms with Crippen LogP contribution in [0.1, 0.15) is 25.3 Å². The minimum atomic E-state index is -0.882. The van der Waals surface area contributed by atoms with E-state index in [2.05, 4.69) is 5.32 Å². The van der Waals surface area contributed by atoms with Gasteiger partial charge in [-0.25, -0.2) is 4.79 Å². The van der Waals surface area contributed by atoms with Gasteiger partial charge in [-0.2, -0.15) is 0 Å². The van der Waals surface area contributed by atoms with Crippen molar-refractivity contribution in [2.45, 2.75) is 38.3 Å². The molecule has 0 spiro atoms. The summed E-state index contributed by atoms with van der Waals surface area (Å²) in [6.07, 6.45) is 1.12. The van der Waals surface area contributed by atoms with Crippen molar-refractivity contribution in [3.63, 3.8) is 0 Å². The van der Waals surface area contributed by atoms with Crippen LogP contribution in [-0.4, -0.2) is 53.3 Å². The van der Waals surface area contributed by atoms with Crippen molar-refractivity contribution < 1.29 is 19.6 Å². The van der Waals surface area contributed by atoms with Crippen LogP contribution < -0.4 is 10.1 Å². The largest absolute Gasteiger partial charge is 0.497 e. The molecule has 1 aromatic rings. The monoisotopic (exact) mass is 337 g/mol. The number of piperidine rings is 1. The maximum absolute atomic E-state index is 11.1. The van der Waals surface area contributed by atoms with Gasteiger partial charge >= 0.3 is 6.09 Å². The highest BCUT2D eigenvalue weighted by molar-refractivity contribution is 5.65. The Morgan fingerprint density at radius 3 is 2.88 bits per heavy atom. The lowest BCUT2D eigenvalue weighted by Crippen LogP contribution is -2.49. The minimum Gasteiger partial charge on any atom is -0.497 e. The van der Waals surface area contributed by atoms with Crippen LogP contribution in [0.4, 0.5) is 10.5 Å². The molecule has 8 nitrogen and oxygen atoms in total. The molecule has 2 atom stereocenters. The average Bonchev–Trinajstić information content (AvgIpc) is 2.54. The van der Waals surface area contributed by atoms with Crippen LogP contribution >= 0.6 is 0 Å². The van der Waals surface area contributed by atoms with Gasteiger partial charge in [0.1, 0.15) is 5.75 Å². The van der Waals surface area contributed by atoms with Crippen LogP contribution in [0, 0.1) is 10.1 Å². The highest BCUT2D eigenvalue weighted by atomic mass is 16.6. The smallest absolute Gasteiger partial charge is 0.407 e. The third kappa shape index (κ3) is 4.35. The molecule has 0 radical (unpaired) electrons. The molecule has 1 aromatic carbocycles. The zero-order chi connectivity index (χ0) is 17.7. The Morgan fingerprint density at radius 1 is 1.54 bits per heavy atom. The Hall–Kier alpha value is -2.35. The van der Waals surface area contributed by atoms with E-state index in [1.165, 1.54) is 18.1 Å². The number of hydrogen-bond acceptors (Lipinski definition) is 5. The Morgan fingerprint density at radius 2 is 2.29 bits per heavy atom. The average molecular weight is 337 g/mol. The molecular weight excluding hydrogens is 314 g/mol. The summed E-state index contributed by atoms with van der Waals surface area (Å²) < 4.78 is 5.13. The molecule has 1 heterocycles. The fourth-order valence-electron chi connectivity index (χ4n) is 3.12. The first-order chi connectivity index (χ1) is 11.4. The summed E-state index contributed by atoms with van der Waals surface area (Å²) in [7, 11) is 1.53. The standard InChI is InChI=1S/C16H23N3O5/c1-11-9-13(6-8-18(11)16(20)21)17-7-5-12-10-14(24-2)3-4-15(12)19(22)23/h3-4,10-11,13,17H,5-9H2,1-2H3,(H,20,21). The van der Waals surface area contributed by atoms with Gasteiger partial charge in [0.25, 0.3) is 5.69 Å². The molecule has 1 amide bonds. The number of amides is 1. The summed E-state index contributed by atoms with van der Waals surface area (Å²) in [4.78, 5) is 23.2. The number of nitrogens with zero attached hydrogens (tertiary/aromatic N) is 2. The van der Waals surface area contributed by atoms with E-state index < -0.39 is 6.09 Å². The van der Waals surface area contributed by atoms with Crippen molar-refractivity contribution >= 4 is 11.8 Å². The van der Waals surface area contributed by atoms with Crippen LogP contribution in [0.3, 0.4) is 0 Å². The molecule has 1 aliphatic rings. The topological polar surface area (TPSA) is 105 Å². The molecule has 2 N–H and O–H groups in total. The molecular formula is C16H23N3O5. The molecule has 24 heavy (non-hydrogen) atoms. The van der Waals surface area contributed by atoms with Gasteiger partial charge in [0.05, 0.1) is 12.0 Å². The lowest BCUT2D eigenvalue weighted by molar-refractivity contribution is -0.385. The molecule has 0 aliphatic carbocycles. The lowest BCUT2D eigenvalue weighted by atomic mass is 9.98. The predicted molar refractivity (Wildman–Crippen MR) is 88.6 cm³/mol. The molecule has 1 saturated heterocycles. The van der Waals surface area contributed by atoms with Crippen LogP contribution in [0.2, 0.25) is 0 Å². The second kappa shape index (κ2) is 7.96. The van der Waals surface area contributed by atoms with E-state index in [9.17, 15) is 14.9 Å². The zero-order valence-electron chi connectivity index (χ0n) is 13.9. The van der Waals surface area contributed by atoms with E-state index in [0.717, 1.165) is 12.8 Å². The zero-order valence-corrected chi connectivity index (χ0v) is 13.9. The molecule has 2 rings (SSSR count). The van der Waals surface area contributed by atoms with Crippen LogP contribution in [-0.2, 0) is 6.42 Å². The van der Waals surface area contributed by atoms with Crippen molar-refractivity contribution in [2.75, 3.05) is 20.2 Å². The van der Waals surface area contributed by atoms with E-state index in [4.69, 9.17) is 9.84 Å². The maximum Gasteiger partial charge on any atom is 0.407 e. The first-order valence-corrected chi connectivity index (χ1v) is 7.96. The van der Waals surface area contributed by atoms with E-state index in [1.54, 1.807) is 12.1 Å². The summed E-state index contributed by atoms with van der Waals surface area (Å²) in [6.45, 7) is 3.00. The molecule has 1 aliphatic heterocycles. The summed E-state index contributed by atoms with van der Waals surface area (Å²) in [5, 5.41) is 23.6. The van der Waals surface area contributed by atoms with Crippen molar-refractivity contribution in [3.05, 3.63) is 33.9 Å². The van der Waals surface area contributed by atoms with Gasteiger partial charge in [-0.1, -0.05) is 0 Å². The normalized spacial score (nSPS) is 20.7. The predicted octanol–water partition coefficient (Wildman–Crippen LogP) is 2.27. The number of carbonyl (C=O) groups is 1. The SMILES string of the molecule is COc1ccc([N+](=O)[O-])c(CCNC2CCN(C(=O)O)C(C)C2)c1. The second-order valence-corrected chi connectivity index (χ2v) is 6.00. The van der Waals surface area contributed by atoms with Crippen molar-refractivity contribution in [1.82, 2.24) is 10.2 Å². The molecule has 0 aromatic heterocycles. The first-order valence-electron chi connectivity index (χ1n) is 7.96. The number of methoxy groups -OCH3 is 1. The van der Waals surface area contributed by atoms with E-state index in [0.29, 0.717) is 30.8 Å². The number of hydrogen-bond donors (Lipinski definition) is 2. The molecule has 0 bridgehead atoms. The Labute approximate surface area is 140 Å². The summed E-state index contributed by atoms with van der Waals surface area (Å²) in [5.41, 5.74) is 0.717. The summed E-state index contributed by atoms with van der Waals surface area (Å²) in [5.74, 6) is 0.596. The summed E-state index contributed by atoms with van der Waals surface area (Å²) in [6, 6.07) is 4.93. The van der Waals surface area contributed by atoms with Crippen molar-refractivity contribution in [2.24, 2.45) is 0 Å². The number of benzene rings is 1. The Bertz CT molecular complexity index is 607. The van der Waals surface area contributed by atoms with Gasteiger partial charge in [0.15, 0.2) is 0 Å². The van der Waals surface area contributed by atoms with E-state index >= 15 is 0 Å². The third-order valence-corrected chi connectivity index (χ3v) is 4.43. The molecule has 1 fully saturated rings. The van der Waals surface area contributed by atoms with Gasteiger partial charge in [0, 0.05) is 30.3 Å². The van der Waals surface area contributed by atoms with Crippen LogP contribution in [0.15, 0.2) is 18.2 Å². The quantitative estimate of drug-likeness (QED) is 0.609. The number of ether oxygens (including phenoxy) is 1. The lowest BCUT2D eigenvalue weighted by Gasteiger charge is -2.36. The number of nitro benzene ring substituents is 1. The van der Waals surface area contributed by atoms with Crippen molar-refractivity contribution in [1.29, 1.82) is 0 Å². The fraction of sp³-hybridized carbons (Fsp3) is 0.562. The molecule has 2 unspecified atom stereocenters. The van der Waals surface area contributed by atoms with Gasteiger partial charge in [-0.15, -0.1) is 0 Å². The first kappa shape index (κ1) is 18.0. The summed E-state index contributed by atoms with van der Waals surface area (Å²) >= 11 is 0. The van der Waals surface area contributed by atoms with Crippen LogP contribution in [0.25, 0.3) is 0 Å². The number of nitro groups is 1. The highest BCUT2D eigenvalue weighted by Crippen LogP contribution is 2.24.